The van der Waals surface area contributed by atoms with E-state index < -0.39 is 11.7 Å². The maximum Gasteiger partial charge on any atom is 0.258 e. The van der Waals surface area contributed by atoms with Gasteiger partial charge in [0, 0.05) is 12.2 Å². The van der Waals surface area contributed by atoms with Crippen molar-refractivity contribution in [3.8, 4) is 0 Å². The van der Waals surface area contributed by atoms with E-state index in [1.54, 1.807) is 19.1 Å². The lowest BCUT2D eigenvalue weighted by molar-refractivity contribution is 0.102. The maximum atomic E-state index is 14.0. The zero-order valence-electron chi connectivity index (χ0n) is 12.2. The SMILES string of the molecule is CCNCc1ccccc1NC(=O)c1cccc(C)c1F. The van der Waals surface area contributed by atoms with Gasteiger partial charge in [-0.3, -0.25) is 4.79 Å². The van der Waals surface area contributed by atoms with Crippen LogP contribution < -0.4 is 10.6 Å². The van der Waals surface area contributed by atoms with Gasteiger partial charge in [0.1, 0.15) is 5.82 Å². The first-order chi connectivity index (χ1) is 10.1. The first-order valence-corrected chi connectivity index (χ1v) is 6.98. The molecule has 0 aliphatic rings. The second kappa shape index (κ2) is 6.99. The highest BCUT2D eigenvalue weighted by molar-refractivity contribution is 6.05. The van der Waals surface area contributed by atoms with Crippen LogP contribution in [0.2, 0.25) is 0 Å². The molecular weight excluding hydrogens is 267 g/mol. The van der Waals surface area contributed by atoms with E-state index in [1.165, 1.54) is 6.07 Å². The van der Waals surface area contributed by atoms with Gasteiger partial charge in [-0.05, 0) is 36.7 Å². The highest BCUT2D eigenvalue weighted by Gasteiger charge is 2.14. The van der Waals surface area contributed by atoms with Crippen molar-refractivity contribution in [2.24, 2.45) is 0 Å². The zero-order chi connectivity index (χ0) is 15.2. The number of halogens is 1. The Labute approximate surface area is 124 Å². The van der Waals surface area contributed by atoms with Crippen LogP contribution in [0.3, 0.4) is 0 Å². The Kier molecular flexibility index (Phi) is 5.06. The smallest absolute Gasteiger partial charge is 0.258 e. The molecule has 0 radical (unpaired) electrons. The number of anilines is 1. The Balaban J connectivity index is 2.22. The van der Waals surface area contributed by atoms with Gasteiger partial charge in [0.15, 0.2) is 0 Å². The quantitative estimate of drug-likeness (QED) is 0.883. The highest BCUT2D eigenvalue weighted by atomic mass is 19.1. The summed E-state index contributed by atoms with van der Waals surface area (Å²) in [7, 11) is 0. The van der Waals surface area contributed by atoms with Crippen molar-refractivity contribution >= 4 is 11.6 Å². The van der Waals surface area contributed by atoms with E-state index in [0.717, 1.165) is 12.1 Å². The number of hydrogen-bond donors (Lipinski definition) is 2. The van der Waals surface area contributed by atoms with Crippen molar-refractivity contribution in [1.29, 1.82) is 0 Å². The molecule has 0 spiro atoms. The summed E-state index contributed by atoms with van der Waals surface area (Å²) in [6.45, 7) is 5.16. The second-order valence-electron chi connectivity index (χ2n) is 4.83. The maximum absolute atomic E-state index is 14.0. The molecule has 0 aliphatic carbocycles. The summed E-state index contributed by atoms with van der Waals surface area (Å²) in [4.78, 5) is 12.2. The number of hydrogen-bond acceptors (Lipinski definition) is 2. The third kappa shape index (κ3) is 3.67. The number of rotatable bonds is 5. The molecule has 2 N–H and O–H groups in total. The van der Waals surface area contributed by atoms with E-state index in [1.807, 2.05) is 31.2 Å². The lowest BCUT2D eigenvalue weighted by atomic mass is 10.1. The van der Waals surface area contributed by atoms with Crippen LogP contribution in [0.15, 0.2) is 42.5 Å². The lowest BCUT2D eigenvalue weighted by Crippen LogP contribution is -2.18. The number of aryl methyl sites for hydroxylation is 1. The first kappa shape index (κ1) is 15.2. The Morgan fingerprint density at radius 2 is 1.90 bits per heavy atom. The van der Waals surface area contributed by atoms with E-state index in [0.29, 0.717) is 17.8 Å². The van der Waals surface area contributed by atoms with Crippen molar-refractivity contribution in [1.82, 2.24) is 5.32 Å². The van der Waals surface area contributed by atoms with Crippen LogP contribution in [0, 0.1) is 12.7 Å². The van der Waals surface area contributed by atoms with Crippen LogP contribution in [-0.4, -0.2) is 12.5 Å². The van der Waals surface area contributed by atoms with E-state index >= 15 is 0 Å². The van der Waals surface area contributed by atoms with Gasteiger partial charge in [-0.25, -0.2) is 4.39 Å². The summed E-state index contributed by atoms with van der Waals surface area (Å²) < 4.78 is 14.0. The van der Waals surface area contributed by atoms with Gasteiger partial charge in [0.05, 0.1) is 5.56 Å². The van der Waals surface area contributed by atoms with Gasteiger partial charge in [-0.2, -0.15) is 0 Å². The number of carbonyl (C=O) groups excluding carboxylic acids is 1. The molecule has 4 heteroatoms. The van der Waals surface area contributed by atoms with E-state index in [4.69, 9.17) is 0 Å². The van der Waals surface area contributed by atoms with Gasteiger partial charge < -0.3 is 10.6 Å². The van der Waals surface area contributed by atoms with Gasteiger partial charge >= 0.3 is 0 Å². The molecule has 0 atom stereocenters. The van der Waals surface area contributed by atoms with Crippen molar-refractivity contribution < 1.29 is 9.18 Å². The molecule has 0 heterocycles. The van der Waals surface area contributed by atoms with E-state index in [-0.39, 0.29) is 5.56 Å². The van der Waals surface area contributed by atoms with E-state index in [2.05, 4.69) is 10.6 Å². The predicted octanol–water partition coefficient (Wildman–Crippen LogP) is 3.50. The van der Waals surface area contributed by atoms with Gasteiger partial charge in [0.25, 0.3) is 5.91 Å². The normalized spacial score (nSPS) is 10.4. The van der Waals surface area contributed by atoms with Crippen LogP contribution >= 0.6 is 0 Å². The lowest BCUT2D eigenvalue weighted by Gasteiger charge is -2.12. The fourth-order valence-electron chi connectivity index (χ4n) is 2.07. The number of carbonyl (C=O) groups is 1. The van der Waals surface area contributed by atoms with Gasteiger partial charge in [0.2, 0.25) is 0 Å². The molecular formula is C17H19FN2O. The molecule has 110 valence electrons. The molecule has 0 unspecified atom stereocenters. The molecule has 0 fully saturated rings. The third-order valence-electron chi connectivity index (χ3n) is 3.27. The van der Waals surface area contributed by atoms with E-state index in [9.17, 15) is 9.18 Å². The van der Waals surface area contributed by atoms with Crippen molar-refractivity contribution in [3.63, 3.8) is 0 Å². The van der Waals surface area contributed by atoms with Crippen molar-refractivity contribution in [3.05, 3.63) is 65.0 Å². The largest absolute Gasteiger partial charge is 0.322 e. The molecule has 21 heavy (non-hydrogen) atoms. The average Bonchev–Trinajstić information content (AvgIpc) is 2.49. The number of benzene rings is 2. The zero-order valence-corrected chi connectivity index (χ0v) is 12.2. The fraction of sp³-hybridized carbons (Fsp3) is 0.235. The number of amides is 1. The van der Waals surface area contributed by atoms with Crippen molar-refractivity contribution in [2.45, 2.75) is 20.4 Å². The molecule has 0 saturated carbocycles. The average molecular weight is 286 g/mol. The predicted molar refractivity (Wildman–Crippen MR) is 82.9 cm³/mol. The summed E-state index contributed by atoms with van der Waals surface area (Å²) >= 11 is 0. The fourth-order valence-corrected chi connectivity index (χ4v) is 2.07. The minimum absolute atomic E-state index is 0.0632. The van der Waals surface area contributed by atoms with Crippen molar-refractivity contribution in [2.75, 3.05) is 11.9 Å². The summed E-state index contributed by atoms with van der Waals surface area (Å²) in [6.07, 6.45) is 0. The van der Waals surface area contributed by atoms with Gasteiger partial charge in [-0.1, -0.05) is 37.3 Å². The Bertz CT molecular complexity index is 640. The Morgan fingerprint density at radius 1 is 1.14 bits per heavy atom. The molecule has 0 aliphatic heterocycles. The first-order valence-electron chi connectivity index (χ1n) is 6.98. The standard InChI is InChI=1S/C17H19FN2O/c1-3-19-11-13-8-4-5-10-15(13)20-17(21)14-9-6-7-12(2)16(14)18/h4-10,19H,3,11H2,1-2H3,(H,20,21). The van der Waals surface area contributed by atoms with Crippen LogP contribution in [0.25, 0.3) is 0 Å². The molecule has 0 aromatic heterocycles. The minimum atomic E-state index is -0.473. The molecule has 1 amide bonds. The molecule has 0 bridgehead atoms. The summed E-state index contributed by atoms with van der Waals surface area (Å²) in [5.41, 5.74) is 2.20. The van der Waals surface area contributed by atoms with Crippen LogP contribution in [0.4, 0.5) is 10.1 Å². The molecule has 2 rings (SSSR count). The second-order valence-corrected chi connectivity index (χ2v) is 4.83. The Morgan fingerprint density at radius 3 is 2.67 bits per heavy atom. The van der Waals surface area contributed by atoms with Gasteiger partial charge in [-0.15, -0.1) is 0 Å². The van der Waals surface area contributed by atoms with Crippen LogP contribution in [0.1, 0.15) is 28.4 Å². The molecule has 0 saturated heterocycles. The summed E-state index contributed by atoms with van der Waals surface area (Å²) in [5, 5.41) is 6.00. The van der Waals surface area contributed by atoms with Crippen LogP contribution in [0.5, 0.6) is 0 Å². The monoisotopic (exact) mass is 286 g/mol. The Hall–Kier alpha value is -2.20. The minimum Gasteiger partial charge on any atom is -0.322 e. The molecule has 3 nitrogen and oxygen atoms in total. The summed E-state index contributed by atoms with van der Waals surface area (Å²) in [6, 6.07) is 12.3. The molecule has 2 aromatic carbocycles. The number of para-hydroxylation sites is 1. The topological polar surface area (TPSA) is 41.1 Å². The third-order valence-corrected chi connectivity index (χ3v) is 3.27. The molecule has 2 aromatic rings. The highest BCUT2D eigenvalue weighted by Crippen LogP contribution is 2.18. The number of nitrogens with one attached hydrogen (secondary N) is 2. The summed E-state index contributed by atoms with van der Waals surface area (Å²) in [5.74, 6) is -0.903. The van der Waals surface area contributed by atoms with Crippen LogP contribution in [-0.2, 0) is 6.54 Å².